The van der Waals surface area contributed by atoms with Gasteiger partial charge in [-0.15, -0.1) is 0 Å². The zero-order chi connectivity index (χ0) is 26.2. The Balaban J connectivity index is 1.36. The molecule has 2 N–H and O–H groups in total. The number of aliphatic carboxylic acids is 1. The van der Waals surface area contributed by atoms with Crippen LogP contribution < -0.4 is 10.1 Å². The van der Waals surface area contributed by atoms with Crippen LogP contribution in [0, 0.1) is 12.3 Å². The number of anilines is 2. The summed E-state index contributed by atoms with van der Waals surface area (Å²) in [6.07, 6.45) is 7.84. The van der Waals surface area contributed by atoms with Crippen LogP contribution in [0.4, 0.5) is 11.4 Å². The van der Waals surface area contributed by atoms with E-state index in [4.69, 9.17) is 9.26 Å². The molecular formula is C32H28N2O4. The van der Waals surface area contributed by atoms with Crippen LogP contribution >= 0.6 is 0 Å². The number of rotatable bonds is 8. The maximum atomic E-state index is 12.7. The van der Waals surface area contributed by atoms with Crippen molar-refractivity contribution < 1.29 is 19.2 Å². The maximum Gasteiger partial charge on any atom is 0.311 e. The highest BCUT2D eigenvalue weighted by atomic mass is 16.5. The summed E-state index contributed by atoms with van der Waals surface area (Å²) in [6.45, 7) is 1.87. The maximum absolute atomic E-state index is 12.7. The Morgan fingerprint density at radius 2 is 1.68 bits per heavy atom. The Bertz CT molecular complexity index is 1530. The molecule has 4 aromatic rings. The van der Waals surface area contributed by atoms with Gasteiger partial charge in [0, 0.05) is 11.8 Å². The Hall–Kier alpha value is -4.58. The normalized spacial score (nSPS) is 19.4. The van der Waals surface area contributed by atoms with Crippen molar-refractivity contribution >= 4 is 22.9 Å². The number of aromatic nitrogens is 1. The molecule has 0 spiro atoms. The summed E-state index contributed by atoms with van der Waals surface area (Å²) in [5.74, 6) is 1.17. The molecule has 6 heteroatoms. The van der Waals surface area contributed by atoms with E-state index >= 15 is 0 Å². The largest absolute Gasteiger partial charge is 0.481 e. The summed E-state index contributed by atoms with van der Waals surface area (Å²) in [6, 6.07) is 27.4. The van der Waals surface area contributed by atoms with Gasteiger partial charge in [-0.2, -0.15) is 0 Å². The number of aryl methyl sites for hydroxylation is 1. The fraction of sp³-hybridized carbons (Fsp3) is 0.188. The third-order valence-corrected chi connectivity index (χ3v) is 7.66. The molecule has 2 aliphatic carbocycles. The second-order valence-electron chi connectivity index (χ2n) is 9.96. The van der Waals surface area contributed by atoms with Crippen molar-refractivity contribution in [3.63, 3.8) is 0 Å². The molecule has 0 saturated heterocycles. The molecule has 0 aliphatic heterocycles. The Labute approximate surface area is 221 Å². The lowest BCUT2D eigenvalue weighted by atomic mass is 9.65. The first-order chi connectivity index (χ1) is 18.5. The minimum absolute atomic E-state index is 0.500. The van der Waals surface area contributed by atoms with Crippen molar-refractivity contribution in [2.75, 3.05) is 5.32 Å². The van der Waals surface area contributed by atoms with Gasteiger partial charge in [0.25, 0.3) is 0 Å². The molecule has 1 fully saturated rings. The number of carboxylic acids is 1. The number of ether oxygens (including phenoxy) is 1. The molecule has 3 aromatic carbocycles. The number of nitrogens with one attached hydrogen (secondary N) is 1. The van der Waals surface area contributed by atoms with Gasteiger partial charge in [-0.3, -0.25) is 4.79 Å². The predicted octanol–water partition coefficient (Wildman–Crippen LogP) is 7.67. The van der Waals surface area contributed by atoms with E-state index in [1.165, 1.54) is 0 Å². The first-order valence-corrected chi connectivity index (χ1v) is 12.8. The van der Waals surface area contributed by atoms with Crippen LogP contribution in [0.15, 0.2) is 108 Å². The second-order valence-corrected chi connectivity index (χ2v) is 9.96. The molecule has 1 heterocycles. The highest BCUT2D eigenvalue weighted by Crippen LogP contribution is 2.64. The number of allylic oxidation sites excluding steroid dienone is 4. The van der Waals surface area contributed by atoms with E-state index in [9.17, 15) is 9.90 Å². The minimum Gasteiger partial charge on any atom is -0.481 e. The standard InChI is InChI=1S/C32H28N2O4/c1-22-28(33-25-11-8-14-27(21-25)37-26-12-6-3-7-13-26)29(38-34-22)31(32(19-20-32)30(35)36)17-15-24(16-18-31)23-9-4-2-5-10-23/h2-17,21,33H,18-20H2,1H3,(H,35,36). The van der Waals surface area contributed by atoms with E-state index in [1.807, 2.05) is 91.9 Å². The molecular weight excluding hydrogens is 476 g/mol. The number of nitrogens with zero attached hydrogens (tertiary/aromatic N) is 1. The first-order valence-electron chi connectivity index (χ1n) is 12.8. The van der Waals surface area contributed by atoms with Crippen LogP contribution in [-0.4, -0.2) is 16.2 Å². The minimum atomic E-state index is -0.942. The summed E-state index contributed by atoms with van der Waals surface area (Å²) >= 11 is 0. The van der Waals surface area contributed by atoms with Crippen LogP contribution in [0.5, 0.6) is 11.5 Å². The fourth-order valence-electron chi connectivity index (χ4n) is 5.43. The van der Waals surface area contributed by atoms with E-state index in [0.717, 1.165) is 22.6 Å². The molecule has 0 bridgehead atoms. The fourth-order valence-corrected chi connectivity index (χ4v) is 5.43. The van der Waals surface area contributed by atoms with E-state index in [2.05, 4.69) is 28.7 Å². The van der Waals surface area contributed by atoms with Gasteiger partial charge in [0.2, 0.25) is 0 Å². The molecule has 0 amide bonds. The van der Waals surface area contributed by atoms with Gasteiger partial charge in [0.15, 0.2) is 5.76 Å². The average Bonchev–Trinajstić information content (AvgIpc) is 3.70. The van der Waals surface area contributed by atoms with Crippen molar-refractivity contribution in [3.8, 4) is 11.5 Å². The van der Waals surface area contributed by atoms with E-state index < -0.39 is 16.8 Å². The molecule has 190 valence electrons. The van der Waals surface area contributed by atoms with Gasteiger partial charge in [0.1, 0.15) is 22.9 Å². The number of carbonyl (C=O) groups is 1. The topological polar surface area (TPSA) is 84.6 Å². The lowest BCUT2D eigenvalue weighted by Gasteiger charge is -2.36. The highest BCUT2D eigenvalue weighted by Gasteiger charge is 2.66. The van der Waals surface area contributed by atoms with Gasteiger partial charge in [-0.05, 0) is 61.6 Å². The van der Waals surface area contributed by atoms with Crippen molar-refractivity contribution in [2.24, 2.45) is 5.41 Å². The van der Waals surface area contributed by atoms with Gasteiger partial charge >= 0.3 is 5.97 Å². The van der Waals surface area contributed by atoms with Gasteiger partial charge in [-0.25, -0.2) is 0 Å². The summed E-state index contributed by atoms with van der Waals surface area (Å²) in [7, 11) is 0. The Morgan fingerprint density at radius 1 is 0.974 bits per heavy atom. The Kier molecular flexibility index (Phi) is 5.87. The summed E-state index contributed by atoms with van der Waals surface area (Å²) in [5, 5.41) is 18.1. The summed E-state index contributed by atoms with van der Waals surface area (Å²) in [5.41, 5.74) is 2.51. The molecule has 1 saturated carbocycles. The molecule has 38 heavy (non-hydrogen) atoms. The summed E-state index contributed by atoms with van der Waals surface area (Å²) < 4.78 is 12.0. The quantitative estimate of drug-likeness (QED) is 0.256. The lowest BCUT2D eigenvalue weighted by molar-refractivity contribution is -0.146. The van der Waals surface area contributed by atoms with Crippen molar-refractivity contribution in [2.45, 2.75) is 31.6 Å². The number of benzene rings is 3. The first kappa shape index (κ1) is 23.8. The van der Waals surface area contributed by atoms with Gasteiger partial charge < -0.3 is 19.7 Å². The van der Waals surface area contributed by atoms with E-state index in [0.29, 0.717) is 42.2 Å². The highest BCUT2D eigenvalue weighted by molar-refractivity contribution is 5.85. The van der Waals surface area contributed by atoms with Crippen molar-refractivity contribution in [1.29, 1.82) is 0 Å². The van der Waals surface area contributed by atoms with E-state index in [-0.39, 0.29) is 0 Å². The van der Waals surface area contributed by atoms with E-state index in [1.54, 1.807) is 0 Å². The van der Waals surface area contributed by atoms with Crippen molar-refractivity contribution in [1.82, 2.24) is 5.16 Å². The van der Waals surface area contributed by atoms with Crippen LogP contribution in [-0.2, 0) is 10.2 Å². The van der Waals surface area contributed by atoms with Gasteiger partial charge in [0.05, 0.1) is 10.8 Å². The van der Waals surface area contributed by atoms with Crippen LogP contribution in [0.2, 0.25) is 0 Å². The molecule has 1 atom stereocenters. The summed E-state index contributed by atoms with van der Waals surface area (Å²) in [4.78, 5) is 12.7. The molecule has 2 aliphatic rings. The lowest BCUT2D eigenvalue weighted by Crippen LogP contribution is -2.41. The number of hydrogen-bond donors (Lipinski definition) is 2. The SMILES string of the molecule is Cc1noc(C2(C3(C(=O)O)CC3)C=CC(c3ccccc3)=CC2)c1Nc1cccc(Oc2ccccc2)c1. The number of para-hydroxylation sites is 1. The average molecular weight is 505 g/mol. The predicted molar refractivity (Wildman–Crippen MR) is 147 cm³/mol. The van der Waals surface area contributed by atoms with Crippen LogP contribution in [0.1, 0.15) is 36.3 Å². The molecule has 6 rings (SSSR count). The number of hydrogen-bond acceptors (Lipinski definition) is 5. The zero-order valence-corrected chi connectivity index (χ0v) is 21.1. The number of carboxylic acid groups (broad SMARTS) is 1. The molecule has 1 unspecified atom stereocenters. The second kappa shape index (κ2) is 9.38. The van der Waals surface area contributed by atoms with Gasteiger partial charge in [-0.1, -0.05) is 78.0 Å². The van der Waals surface area contributed by atoms with Crippen LogP contribution in [0.25, 0.3) is 5.57 Å². The molecule has 1 aromatic heterocycles. The van der Waals surface area contributed by atoms with Crippen molar-refractivity contribution in [3.05, 3.63) is 120 Å². The third kappa shape index (κ3) is 4.08. The monoisotopic (exact) mass is 504 g/mol. The Morgan fingerprint density at radius 3 is 2.34 bits per heavy atom. The third-order valence-electron chi connectivity index (χ3n) is 7.66. The smallest absolute Gasteiger partial charge is 0.311 e. The molecule has 6 nitrogen and oxygen atoms in total. The molecule has 0 radical (unpaired) electrons. The van der Waals surface area contributed by atoms with Crippen LogP contribution in [0.3, 0.4) is 0 Å². The zero-order valence-electron chi connectivity index (χ0n) is 21.1.